The number of hydrogen-bond acceptors (Lipinski definition) is 5. The lowest BCUT2D eigenvalue weighted by Crippen LogP contribution is -2.51. The molecule has 0 aliphatic carbocycles. The molecule has 128 valence electrons. The Balaban J connectivity index is 1.36. The number of carbonyl (C=O) groups is 1. The third kappa shape index (κ3) is 3.27. The average molecular weight is 330 g/mol. The van der Waals surface area contributed by atoms with Crippen LogP contribution in [0, 0.1) is 0 Å². The molecule has 2 fully saturated rings. The van der Waals surface area contributed by atoms with E-state index in [1.807, 2.05) is 24.3 Å². The van der Waals surface area contributed by atoms with E-state index in [2.05, 4.69) is 15.5 Å². The fraction of sp³-hybridized carbons (Fsp3) is 0.588. The first-order valence-electron chi connectivity index (χ1n) is 8.53. The van der Waals surface area contributed by atoms with E-state index in [4.69, 9.17) is 9.47 Å². The maximum atomic E-state index is 12.4. The van der Waals surface area contributed by atoms with Crippen molar-refractivity contribution < 1.29 is 14.3 Å². The maximum Gasteiger partial charge on any atom is 0.243 e. The molecule has 1 spiro atoms. The van der Waals surface area contributed by atoms with Crippen LogP contribution in [0.5, 0.6) is 0 Å². The van der Waals surface area contributed by atoms with Crippen molar-refractivity contribution in [3.05, 3.63) is 24.3 Å². The summed E-state index contributed by atoms with van der Waals surface area (Å²) in [5.41, 5.74) is 1.49. The predicted octanol–water partition coefficient (Wildman–Crippen LogP) is 1.28. The summed E-state index contributed by atoms with van der Waals surface area (Å²) in [6.07, 6.45) is 3.52. The average Bonchev–Trinajstić information content (AvgIpc) is 2.97. The van der Waals surface area contributed by atoms with Gasteiger partial charge in [0, 0.05) is 25.9 Å². The summed E-state index contributed by atoms with van der Waals surface area (Å²) in [4.78, 5) is 13.8. The molecule has 1 amide bonds. The topological polar surface area (TPSA) is 78.3 Å². The van der Waals surface area contributed by atoms with Gasteiger partial charge in [0.2, 0.25) is 5.91 Å². The highest BCUT2D eigenvalue weighted by atomic mass is 16.5. The monoisotopic (exact) mass is 330 g/mol. The smallest absolute Gasteiger partial charge is 0.243 e. The molecule has 1 N–H and O–H groups in total. The molecule has 0 saturated carbocycles. The normalized spacial score (nSPS) is 23.4. The summed E-state index contributed by atoms with van der Waals surface area (Å²) < 4.78 is 11.4. The van der Waals surface area contributed by atoms with Crippen LogP contribution in [-0.2, 0) is 20.8 Å². The van der Waals surface area contributed by atoms with Crippen molar-refractivity contribution in [1.29, 1.82) is 0 Å². The number of nitrogens with zero attached hydrogens (tertiary/aromatic N) is 3. The van der Waals surface area contributed by atoms with Crippen LogP contribution in [-0.4, -0.2) is 52.4 Å². The summed E-state index contributed by atoms with van der Waals surface area (Å²) in [6.45, 7) is 2.31. The number of benzene rings is 1. The Labute approximate surface area is 140 Å². The first kappa shape index (κ1) is 15.5. The zero-order valence-corrected chi connectivity index (χ0v) is 13.6. The molecule has 7 nitrogen and oxygen atoms in total. The Morgan fingerprint density at radius 3 is 2.62 bits per heavy atom. The van der Waals surface area contributed by atoms with Crippen LogP contribution < -0.4 is 5.32 Å². The maximum absolute atomic E-state index is 12.4. The number of hydrogen-bond donors (Lipinski definition) is 1. The molecule has 2 aliphatic rings. The molecule has 2 aliphatic heterocycles. The molecule has 1 atom stereocenters. The van der Waals surface area contributed by atoms with Gasteiger partial charge < -0.3 is 14.8 Å². The number of carbonyl (C=O) groups excluding carboxylic acids is 1. The fourth-order valence-corrected chi connectivity index (χ4v) is 3.62. The summed E-state index contributed by atoms with van der Waals surface area (Å²) in [5.74, 6) is -0.0515. The van der Waals surface area contributed by atoms with Crippen molar-refractivity contribution in [3.8, 4) is 0 Å². The quantitative estimate of drug-likeness (QED) is 0.917. The summed E-state index contributed by atoms with van der Waals surface area (Å²) in [5, 5.41) is 11.8. The molecular formula is C17H22N4O3. The second-order valence-electron chi connectivity index (χ2n) is 6.62. The summed E-state index contributed by atoms with van der Waals surface area (Å²) >= 11 is 0. The molecule has 4 rings (SSSR count). The third-order valence-electron chi connectivity index (χ3n) is 4.88. The van der Waals surface area contributed by atoms with Gasteiger partial charge in [-0.3, -0.25) is 4.79 Å². The SMILES string of the molecule is O=C(Cn1nc2ccccc2n1)NC1CCOC2(CCOCC2)C1. The van der Waals surface area contributed by atoms with E-state index in [-0.39, 0.29) is 24.1 Å². The van der Waals surface area contributed by atoms with Gasteiger partial charge in [-0.25, -0.2) is 0 Å². The Morgan fingerprint density at radius 1 is 1.21 bits per heavy atom. The standard InChI is InChI=1S/C17H22N4O3/c22-16(12-21-19-14-3-1-2-4-15(14)20-21)18-13-5-8-24-17(11-13)6-9-23-10-7-17/h1-4,13H,5-12H2,(H,18,22). The minimum absolute atomic E-state index is 0.0515. The number of rotatable bonds is 3. The van der Waals surface area contributed by atoms with Crippen LogP contribution in [0.25, 0.3) is 11.0 Å². The molecule has 1 aromatic carbocycles. The molecule has 1 aromatic heterocycles. The van der Waals surface area contributed by atoms with E-state index in [1.54, 1.807) is 0 Å². The van der Waals surface area contributed by atoms with Crippen LogP contribution in [0.3, 0.4) is 0 Å². The highest BCUT2D eigenvalue weighted by Gasteiger charge is 2.39. The molecule has 7 heteroatoms. The van der Waals surface area contributed by atoms with E-state index in [0.29, 0.717) is 6.61 Å². The van der Waals surface area contributed by atoms with E-state index in [0.717, 1.165) is 49.9 Å². The van der Waals surface area contributed by atoms with Crippen LogP contribution in [0.15, 0.2) is 24.3 Å². The van der Waals surface area contributed by atoms with Crippen LogP contribution in [0.1, 0.15) is 25.7 Å². The lowest BCUT2D eigenvalue weighted by molar-refractivity contribution is -0.144. The van der Waals surface area contributed by atoms with E-state index in [9.17, 15) is 4.79 Å². The van der Waals surface area contributed by atoms with Gasteiger partial charge >= 0.3 is 0 Å². The molecule has 0 bridgehead atoms. The van der Waals surface area contributed by atoms with Gasteiger partial charge in [0.25, 0.3) is 0 Å². The second-order valence-corrected chi connectivity index (χ2v) is 6.62. The highest BCUT2D eigenvalue weighted by molar-refractivity contribution is 5.77. The molecule has 0 radical (unpaired) electrons. The summed E-state index contributed by atoms with van der Waals surface area (Å²) in [7, 11) is 0. The minimum atomic E-state index is -0.118. The number of amides is 1. The number of nitrogens with one attached hydrogen (secondary N) is 1. The lowest BCUT2D eigenvalue weighted by Gasteiger charge is -2.43. The highest BCUT2D eigenvalue weighted by Crippen LogP contribution is 2.34. The minimum Gasteiger partial charge on any atom is -0.381 e. The Morgan fingerprint density at radius 2 is 1.92 bits per heavy atom. The predicted molar refractivity (Wildman–Crippen MR) is 87.4 cm³/mol. The van der Waals surface area contributed by atoms with Gasteiger partial charge in [0.1, 0.15) is 17.6 Å². The van der Waals surface area contributed by atoms with Crippen LogP contribution in [0.4, 0.5) is 0 Å². The fourth-order valence-electron chi connectivity index (χ4n) is 3.62. The van der Waals surface area contributed by atoms with Crippen molar-refractivity contribution >= 4 is 16.9 Å². The zero-order chi connectivity index (χ0) is 16.4. The van der Waals surface area contributed by atoms with Crippen LogP contribution in [0.2, 0.25) is 0 Å². The molecule has 2 aromatic rings. The second kappa shape index (κ2) is 6.49. The Kier molecular flexibility index (Phi) is 4.20. The molecule has 2 saturated heterocycles. The van der Waals surface area contributed by atoms with Gasteiger partial charge in [-0.05, 0) is 37.8 Å². The first-order chi connectivity index (χ1) is 11.7. The van der Waals surface area contributed by atoms with E-state index >= 15 is 0 Å². The van der Waals surface area contributed by atoms with Crippen molar-refractivity contribution in [2.75, 3.05) is 19.8 Å². The van der Waals surface area contributed by atoms with Gasteiger partial charge in [-0.2, -0.15) is 15.0 Å². The van der Waals surface area contributed by atoms with Gasteiger partial charge in [0.15, 0.2) is 0 Å². The third-order valence-corrected chi connectivity index (χ3v) is 4.88. The lowest BCUT2D eigenvalue weighted by atomic mass is 9.84. The van der Waals surface area contributed by atoms with Gasteiger partial charge in [-0.1, -0.05) is 12.1 Å². The van der Waals surface area contributed by atoms with E-state index < -0.39 is 0 Å². The summed E-state index contributed by atoms with van der Waals surface area (Å²) in [6, 6.07) is 7.76. The van der Waals surface area contributed by atoms with Crippen molar-refractivity contribution in [3.63, 3.8) is 0 Å². The number of aromatic nitrogens is 3. The van der Waals surface area contributed by atoms with Crippen molar-refractivity contribution in [2.24, 2.45) is 0 Å². The van der Waals surface area contributed by atoms with E-state index in [1.165, 1.54) is 4.80 Å². The molecule has 24 heavy (non-hydrogen) atoms. The molecule has 1 unspecified atom stereocenters. The number of fused-ring (bicyclic) bond motifs is 1. The van der Waals surface area contributed by atoms with Gasteiger partial charge in [-0.15, -0.1) is 0 Å². The largest absolute Gasteiger partial charge is 0.381 e. The first-order valence-corrected chi connectivity index (χ1v) is 8.53. The molecular weight excluding hydrogens is 308 g/mol. The van der Waals surface area contributed by atoms with Crippen molar-refractivity contribution in [1.82, 2.24) is 20.3 Å². The van der Waals surface area contributed by atoms with Crippen molar-refractivity contribution in [2.45, 2.75) is 43.9 Å². The van der Waals surface area contributed by atoms with Gasteiger partial charge in [0.05, 0.1) is 5.60 Å². The molecule has 3 heterocycles. The van der Waals surface area contributed by atoms with Crippen LogP contribution >= 0.6 is 0 Å². The zero-order valence-electron chi connectivity index (χ0n) is 13.6. The Hall–Kier alpha value is -1.99. The Bertz CT molecular complexity index is 685. The number of ether oxygens (including phenoxy) is 2.